The smallest absolute Gasteiger partial charge is 0.130 e. The molecule has 4 aromatic rings. The number of nitrogens with one attached hydrogen (secondary N) is 2. The Morgan fingerprint density at radius 3 is 2.79 bits per heavy atom. The molecule has 0 aliphatic rings. The Balaban J connectivity index is 1.86. The maximum Gasteiger partial charge on any atom is 0.130 e. The first-order valence-corrected chi connectivity index (χ1v) is 7.88. The number of halogens is 1. The number of hydrogen-bond donors (Lipinski definition) is 2. The lowest BCUT2D eigenvalue weighted by Crippen LogP contribution is -2.13. The predicted molar refractivity (Wildman–Crippen MR) is 95.0 cm³/mol. The third kappa shape index (κ3) is 2.70. The molecular weight excluding hydrogens is 322 g/mol. The average Bonchev–Trinajstić information content (AvgIpc) is 3.07. The number of hydrogen-bond acceptors (Lipinski definition) is 4. The van der Waals surface area contributed by atoms with Gasteiger partial charge in [-0.2, -0.15) is 0 Å². The Morgan fingerprint density at radius 2 is 2.00 bits per heavy atom. The molecule has 6 heteroatoms. The molecule has 24 heavy (non-hydrogen) atoms. The minimum atomic E-state index is -0.137. The lowest BCUT2D eigenvalue weighted by atomic mass is 9.99. The van der Waals surface area contributed by atoms with Crippen LogP contribution in [0, 0.1) is 0 Å². The summed E-state index contributed by atoms with van der Waals surface area (Å²) < 4.78 is 0. The zero-order chi connectivity index (χ0) is 16.4. The van der Waals surface area contributed by atoms with Gasteiger partial charge in [-0.05, 0) is 29.8 Å². The number of aromatic nitrogens is 4. The van der Waals surface area contributed by atoms with Crippen LogP contribution in [0.2, 0.25) is 5.02 Å². The second-order valence-corrected chi connectivity index (χ2v) is 5.77. The van der Waals surface area contributed by atoms with Gasteiger partial charge in [0, 0.05) is 41.3 Å². The van der Waals surface area contributed by atoms with Crippen molar-refractivity contribution in [1.82, 2.24) is 19.9 Å². The molecule has 0 radical (unpaired) electrons. The molecule has 1 aromatic carbocycles. The van der Waals surface area contributed by atoms with Gasteiger partial charge in [0.2, 0.25) is 0 Å². The van der Waals surface area contributed by atoms with E-state index in [0.29, 0.717) is 5.02 Å². The van der Waals surface area contributed by atoms with E-state index in [-0.39, 0.29) is 6.04 Å². The van der Waals surface area contributed by atoms with Crippen molar-refractivity contribution in [2.75, 3.05) is 5.32 Å². The molecule has 118 valence electrons. The second-order valence-electron chi connectivity index (χ2n) is 5.36. The van der Waals surface area contributed by atoms with E-state index < -0.39 is 0 Å². The van der Waals surface area contributed by atoms with E-state index in [0.717, 1.165) is 27.8 Å². The Morgan fingerprint density at radius 1 is 1.04 bits per heavy atom. The molecule has 0 fully saturated rings. The van der Waals surface area contributed by atoms with Crippen LogP contribution in [0.3, 0.4) is 0 Å². The summed E-state index contributed by atoms with van der Waals surface area (Å²) in [7, 11) is 0. The Kier molecular flexibility index (Phi) is 3.84. The number of anilines is 1. The lowest BCUT2D eigenvalue weighted by molar-refractivity contribution is 0.920. The van der Waals surface area contributed by atoms with E-state index in [4.69, 9.17) is 11.6 Å². The number of rotatable bonds is 4. The first-order valence-electron chi connectivity index (χ1n) is 7.51. The minimum Gasteiger partial charge on any atom is -0.361 e. The van der Waals surface area contributed by atoms with E-state index in [9.17, 15) is 0 Å². The molecule has 2 N–H and O–H groups in total. The summed E-state index contributed by atoms with van der Waals surface area (Å²) in [6.45, 7) is 0. The van der Waals surface area contributed by atoms with Crippen LogP contribution in [0.25, 0.3) is 10.9 Å². The van der Waals surface area contributed by atoms with Crippen molar-refractivity contribution < 1.29 is 0 Å². The highest BCUT2D eigenvalue weighted by molar-refractivity contribution is 6.35. The van der Waals surface area contributed by atoms with E-state index in [2.05, 4.69) is 25.3 Å². The Hall–Kier alpha value is -2.92. The van der Waals surface area contributed by atoms with Crippen LogP contribution in [-0.4, -0.2) is 19.9 Å². The first kappa shape index (κ1) is 14.7. The van der Waals surface area contributed by atoms with E-state index >= 15 is 0 Å². The molecule has 3 heterocycles. The van der Waals surface area contributed by atoms with Crippen LogP contribution < -0.4 is 5.32 Å². The molecule has 3 aromatic heterocycles. The molecule has 1 unspecified atom stereocenters. The second kappa shape index (κ2) is 6.29. The van der Waals surface area contributed by atoms with Crippen molar-refractivity contribution in [2.45, 2.75) is 6.04 Å². The summed E-state index contributed by atoms with van der Waals surface area (Å²) in [6.07, 6.45) is 8.80. The number of benzene rings is 1. The minimum absolute atomic E-state index is 0.137. The first-order chi connectivity index (χ1) is 11.8. The van der Waals surface area contributed by atoms with Gasteiger partial charge in [-0.1, -0.05) is 23.7 Å². The van der Waals surface area contributed by atoms with Gasteiger partial charge in [0.05, 0.1) is 11.1 Å². The zero-order valence-corrected chi connectivity index (χ0v) is 13.4. The van der Waals surface area contributed by atoms with E-state index in [1.807, 2.05) is 48.8 Å². The summed E-state index contributed by atoms with van der Waals surface area (Å²) in [6, 6.07) is 11.5. The summed E-state index contributed by atoms with van der Waals surface area (Å²) in [5.41, 5.74) is 3.06. The largest absolute Gasteiger partial charge is 0.361 e. The van der Waals surface area contributed by atoms with E-state index in [1.54, 1.807) is 12.4 Å². The standard InChI is InChI=1S/C18H14ClN5/c19-14-4-1-5-15-17(14)13(10-22-15)18(12-3-2-7-20-9-12)24-16-6-8-21-11-23-16/h1-11,18,22H,(H,21,23,24). The molecule has 1 atom stereocenters. The molecule has 0 saturated heterocycles. The number of fused-ring (bicyclic) bond motifs is 1. The maximum absolute atomic E-state index is 6.45. The van der Waals surface area contributed by atoms with Crippen LogP contribution in [0.5, 0.6) is 0 Å². The number of pyridine rings is 1. The van der Waals surface area contributed by atoms with Gasteiger partial charge in [0.1, 0.15) is 12.1 Å². The fourth-order valence-corrected chi connectivity index (χ4v) is 3.09. The third-order valence-corrected chi connectivity index (χ3v) is 4.20. The fourth-order valence-electron chi connectivity index (χ4n) is 2.80. The summed E-state index contributed by atoms with van der Waals surface area (Å²) in [5.74, 6) is 0.736. The summed E-state index contributed by atoms with van der Waals surface area (Å²) in [4.78, 5) is 15.8. The fraction of sp³-hybridized carbons (Fsp3) is 0.0556. The van der Waals surface area contributed by atoms with Crippen LogP contribution in [-0.2, 0) is 0 Å². The SMILES string of the molecule is Clc1cccc2[nH]cc(C(Nc3ccncn3)c3cccnc3)c12. The van der Waals surface area contributed by atoms with Crippen molar-refractivity contribution >= 4 is 28.3 Å². The molecule has 0 aliphatic heterocycles. The molecular formula is C18H14ClN5. The normalized spacial score (nSPS) is 12.2. The van der Waals surface area contributed by atoms with Crippen LogP contribution in [0.15, 0.2) is 67.5 Å². The highest BCUT2D eigenvalue weighted by Crippen LogP contribution is 2.34. The molecule has 0 saturated carbocycles. The van der Waals surface area contributed by atoms with E-state index in [1.165, 1.54) is 6.33 Å². The van der Waals surface area contributed by atoms with Gasteiger partial charge in [-0.25, -0.2) is 9.97 Å². The van der Waals surface area contributed by atoms with Crippen molar-refractivity contribution in [1.29, 1.82) is 0 Å². The highest BCUT2D eigenvalue weighted by atomic mass is 35.5. The number of nitrogens with zero attached hydrogens (tertiary/aromatic N) is 3. The van der Waals surface area contributed by atoms with Crippen molar-refractivity contribution in [3.63, 3.8) is 0 Å². The molecule has 4 rings (SSSR count). The Labute approximate surface area is 143 Å². The molecule has 0 bridgehead atoms. The molecule has 5 nitrogen and oxygen atoms in total. The van der Waals surface area contributed by atoms with Crippen LogP contribution in [0.1, 0.15) is 17.2 Å². The van der Waals surface area contributed by atoms with Gasteiger partial charge in [0.25, 0.3) is 0 Å². The quantitative estimate of drug-likeness (QED) is 0.586. The van der Waals surface area contributed by atoms with Gasteiger partial charge in [-0.15, -0.1) is 0 Å². The summed E-state index contributed by atoms with van der Waals surface area (Å²) >= 11 is 6.45. The number of aromatic amines is 1. The van der Waals surface area contributed by atoms with Crippen molar-refractivity contribution in [2.24, 2.45) is 0 Å². The Bertz CT molecular complexity index is 953. The van der Waals surface area contributed by atoms with Crippen LogP contribution >= 0.6 is 11.6 Å². The van der Waals surface area contributed by atoms with Gasteiger partial charge >= 0.3 is 0 Å². The van der Waals surface area contributed by atoms with Gasteiger partial charge in [0.15, 0.2) is 0 Å². The molecule has 0 spiro atoms. The van der Waals surface area contributed by atoms with Gasteiger partial charge < -0.3 is 10.3 Å². The van der Waals surface area contributed by atoms with Crippen LogP contribution in [0.4, 0.5) is 5.82 Å². The molecule has 0 aliphatic carbocycles. The monoisotopic (exact) mass is 335 g/mol. The number of H-pyrrole nitrogens is 1. The molecule has 0 amide bonds. The highest BCUT2D eigenvalue weighted by Gasteiger charge is 2.20. The third-order valence-electron chi connectivity index (χ3n) is 3.89. The predicted octanol–water partition coefficient (Wildman–Crippen LogP) is 4.21. The lowest BCUT2D eigenvalue weighted by Gasteiger charge is -2.19. The van der Waals surface area contributed by atoms with Gasteiger partial charge in [-0.3, -0.25) is 4.98 Å². The zero-order valence-electron chi connectivity index (χ0n) is 12.6. The topological polar surface area (TPSA) is 66.5 Å². The summed E-state index contributed by atoms with van der Waals surface area (Å²) in [5, 5.41) is 5.15. The van der Waals surface area contributed by atoms with Crippen molar-refractivity contribution in [3.8, 4) is 0 Å². The van der Waals surface area contributed by atoms with Crippen molar-refractivity contribution in [3.05, 3.63) is 83.7 Å². The maximum atomic E-state index is 6.45. The average molecular weight is 336 g/mol.